The van der Waals surface area contributed by atoms with Gasteiger partial charge in [-0.25, -0.2) is 0 Å². The zero-order chi connectivity index (χ0) is 14.0. The number of benzene rings is 1. The lowest BCUT2D eigenvalue weighted by molar-refractivity contribution is -0.384. The summed E-state index contributed by atoms with van der Waals surface area (Å²) in [6, 6.07) is 4.22. The minimum absolute atomic E-state index is 0.0393. The Labute approximate surface area is 110 Å². The average Bonchev–Trinajstić information content (AvgIpc) is 2.79. The molecule has 19 heavy (non-hydrogen) atoms. The largest absolute Gasteiger partial charge is 0.494 e. The molecule has 0 bridgehead atoms. The van der Waals surface area contributed by atoms with Gasteiger partial charge in [0.25, 0.3) is 5.69 Å². The molecule has 1 unspecified atom stereocenters. The third-order valence-corrected chi connectivity index (χ3v) is 3.20. The molecule has 2 N–H and O–H groups in total. The molecule has 0 aliphatic carbocycles. The summed E-state index contributed by atoms with van der Waals surface area (Å²) in [5, 5.41) is 10.7. The zero-order valence-corrected chi connectivity index (χ0v) is 10.5. The van der Waals surface area contributed by atoms with Crippen LogP contribution < -0.4 is 15.4 Å². The van der Waals surface area contributed by atoms with Crippen molar-refractivity contribution in [2.24, 2.45) is 11.7 Å². The Kier molecular flexibility index (Phi) is 3.66. The first kappa shape index (κ1) is 13.3. The van der Waals surface area contributed by atoms with Gasteiger partial charge in [-0.05, 0) is 18.5 Å². The number of nitrogens with two attached hydrogens (primary N) is 1. The van der Waals surface area contributed by atoms with Gasteiger partial charge in [0, 0.05) is 19.0 Å². The van der Waals surface area contributed by atoms with E-state index in [1.807, 2.05) is 0 Å². The monoisotopic (exact) mass is 265 g/mol. The van der Waals surface area contributed by atoms with Gasteiger partial charge in [-0.1, -0.05) is 0 Å². The molecule has 0 saturated carbocycles. The van der Waals surface area contributed by atoms with Crippen LogP contribution in [0.1, 0.15) is 6.42 Å². The van der Waals surface area contributed by atoms with Crippen LogP contribution >= 0.6 is 0 Å². The second-order valence-electron chi connectivity index (χ2n) is 4.42. The molecule has 1 aliphatic rings. The van der Waals surface area contributed by atoms with Crippen molar-refractivity contribution in [1.82, 2.24) is 0 Å². The molecule has 1 atom stereocenters. The van der Waals surface area contributed by atoms with Gasteiger partial charge < -0.3 is 15.4 Å². The highest BCUT2D eigenvalue weighted by Crippen LogP contribution is 2.35. The number of anilines is 1. The van der Waals surface area contributed by atoms with Gasteiger partial charge in [0.2, 0.25) is 5.91 Å². The van der Waals surface area contributed by atoms with Crippen LogP contribution in [0.5, 0.6) is 5.75 Å². The SMILES string of the molecule is COc1cc([N+](=O)[O-])ccc1N1CC(CN)CC1=O. The van der Waals surface area contributed by atoms with Crippen LogP contribution in [0, 0.1) is 16.0 Å². The van der Waals surface area contributed by atoms with E-state index >= 15 is 0 Å². The van der Waals surface area contributed by atoms with Crippen LogP contribution in [0.4, 0.5) is 11.4 Å². The molecule has 0 aromatic heterocycles. The topological polar surface area (TPSA) is 98.7 Å². The van der Waals surface area contributed by atoms with Crippen LogP contribution in [0.2, 0.25) is 0 Å². The van der Waals surface area contributed by atoms with E-state index < -0.39 is 4.92 Å². The lowest BCUT2D eigenvalue weighted by atomic mass is 10.1. The summed E-state index contributed by atoms with van der Waals surface area (Å²) < 4.78 is 5.14. The van der Waals surface area contributed by atoms with Crippen LogP contribution in [0.3, 0.4) is 0 Å². The van der Waals surface area contributed by atoms with Crippen LogP contribution in [0.15, 0.2) is 18.2 Å². The molecular weight excluding hydrogens is 250 g/mol. The van der Waals surface area contributed by atoms with Crippen molar-refractivity contribution >= 4 is 17.3 Å². The standard InChI is InChI=1S/C12H15N3O4/c1-19-11-5-9(15(17)18)2-3-10(11)14-7-8(6-13)4-12(14)16/h2-3,5,8H,4,6-7,13H2,1H3. The summed E-state index contributed by atoms with van der Waals surface area (Å²) in [4.78, 5) is 23.7. The Morgan fingerprint density at radius 3 is 2.84 bits per heavy atom. The Balaban J connectivity index is 2.34. The van der Waals surface area contributed by atoms with Gasteiger partial charge in [-0.3, -0.25) is 14.9 Å². The molecular formula is C12H15N3O4. The van der Waals surface area contributed by atoms with Gasteiger partial charge in [-0.15, -0.1) is 0 Å². The van der Waals surface area contributed by atoms with Crippen LogP contribution in [0.25, 0.3) is 0 Å². The molecule has 1 aliphatic heterocycles. The summed E-state index contributed by atoms with van der Waals surface area (Å²) in [5.74, 6) is 0.398. The fourth-order valence-electron chi connectivity index (χ4n) is 2.18. The van der Waals surface area contributed by atoms with E-state index in [-0.39, 0.29) is 17.5 Å². The van der Waals surface area contributed by atoms with Gasteiger partial charge in [-0.2, -0.15) is 0 Å². The van der Waals surface area contributed by atoms with Gasteiger partial charge in [0.15, 0.2) is 0 Å². The third-order valence-electron chi connectivity index (χ3n) is 3.20. The predicted octanol–water partition coefficient (Wildman–Crippen LogP) is 0.915. The van der Waals surface area contributed by atoms with Crippen molar-refractivity contribution in [2.45, 2.75) is 6.42 Å². The number of nitro groups is 1. The van der Waals surface area contributed by atoms with E-state index in [1.54, 1.807) is 4.90 Å². The molecule has 1 fully saturated rings. The van der Waals surface area contributed by atoms with E-state index in [4.69, 9.17) is 10.5 Å². The fourth-order valence-corrected chi connectivity index (χ4v) is 2.18. The number of non-ortho nitro benzene ring substituents is 1. The van der Waals surface area contributed by atoms with Crippen molar-refractivity contribution in [3.63, 3.8) is 0 Å². The van der Waals surface area contributed by atoms with Crippen molar-refractivity contribution in [3.05, 3.63) is 28.3 Å². The second kappa shape index (κ2) is 5.23. The number of hydrogen-bond acceptors (Lipinski definition) is 5. The van der Waals surface area contributed by atoms with Gasteiger partial charge in [0.05, 0.1) is 23.8 Å². The minimum atomic E-state index is -0.499. The Hall–Kier alpha value is -2.15. The van der Waals surface area contributed by atoms with Crippen molar-refractivity contribution in [3.8, 4) is 5.75 Å². The molecule has 0 radical (unpaired) electrons. The van der Waals surface area contributed by atoms with Gasteiger partial charge >= 0.3 is 0 Å². The summed E-state index contributed by atoms with van der Waals surface area (Å²) in [5.41, 5.74) is 6.05. The Bertz CT molecular complexity index is 518. The first-order valence-electron chi connectivity index (χ1n) is 5.89. The van der Waals surface area contributed by atoms with E-state index in [1.165, 1.54) is 25.3 Å². The molecule has 1 saturated heterocycles. The summed E-state index contributed by atoms with van der Waals surface area (Å²) in [6.45, 7) is 0.959. The molecule has 0 spiro atoms. The summed E-state index contributed by atoms with van der Waals surface area (Å²) >= 11 is 0. The zero-order valence-electron chi connectivity index (χ0n) is 10.5. The van der Waals surface area contributed by atoms with Gasteiger partial charge in [0.1, 0.15) is 5.75 Å². The molecule has 1 aromatic carbocycles. The second-order valence-corrected chi connectivity index (χ2v) is 4.42. The normalized spacial score (nSPS) is 18.7. The average molecular weight is 265 g/mol. The Morgan fingerprint density at radius 1 is 1.58 bits per heavy atom. The highest BCUT2D eigenvalue weighted by molar-refractivity contribution is 5.97. The number of nitro benzene ring substituents is 1. The maximum atomic E-state index is 11.9. The Morgan fingerprint density at radius 2 is 2.32 bits per heavy atom. The van der Waals surface area contributed by atoms with Crippen molar-refractivity contribution in [1.29, 1.82) is 0 Å². The van der Waals surface area contributed by atoms with Crippen molar-refractivity contribution in [2.75, 3.05) is 25.1 Å². The summed E-state index contributed by atoms with van der Waals surface area (Å²) in [7, 11) is 1.42. The lowest BCUT2D eigenvalue weighted by Gasteiger charge is -2.19. The number of hydrogen-bond donors (Lipinski definition) is 1. The number of carbonyl (C=O) groups is 1. The third kappa shape index (κ3) is 2.50. The quantitative estimate of drug-likeness (QED) is 0.644. The first-order chi connectivity index (χ1) is 9.06. The smallest absolute Gasteiger partial charge is 0.273 e. The van der Waals surface area contributed by atoms with E-state index in [0.29, 0.717) is 30.9 Å². The predicted molar refractivity (Wildman–Crippen MR) is 69.2 cm³/mol. The highest BCUT2D eigenvalue weighted by Gasteiger charge is 2.31. The molecule has 102 valence electrons. The molecule has 7 heteroatoms. The number of ether oxygens (including phenoxy) is 1. The molecule has 1 heterocycles. The van der Waals surface area contributed by atoms with Crippen molar-refractivity contribution < 1.29 is 14.5 Å². The molecule has 7 nitrogen and oxygen atoms in total. The lowest BCUT2D eigenvalue weighted by Crippen LogP contribution is -2.26. The van der Waals surface area contributed by atoms with Crippen LogP contribution in [-0.2, 0) is 4.79 Å². The molecule has 1 amide bonds. The number of amides is 1. The molecule has 1 aromatic rings. The number of rotatable bonds is 4. The van der Waals surface area contributed by atoms with Crippen LogP contribution in [-0.4, -0.2) is 31.0 Å². The minimum Gasteiger partial charge on any atom is -0.494 e. The van der Waals surface area contributed by atoms with E-state index in [9.17, 15) is 14.9 Å². The fraction of sp³-hybridized carbons (Fsp3) is 0.417. The van der Waals surface area contributed by atoms with E-state index in [2.05, 4.69) is 0 Å². The number of carbonyl (C=O) groups excluding carboxylic acids is 1. The maximum Gasteiger partial charge on any atom is 0.273 e. The number of methoxy groups -OCH3 is 1. The molecule has 2 rings (SSSR count). The maximum absolute atomic E-state index is 11.9. The van der Waals surface area contributed by atoms with E-state index in [0.717, 1.165) is 0 Å². The summed E-state index contributed by atoms with van der Waals surface area (Å²) in [6.07, 6.45) is 0.399. The highest BCUT2D eigenvalue weighted by atomic mass is 16.6. The number of nitrogens with zero attached hydrogens (tertiary/aromatic N) is 2. The first-order valence-corrected chi connectivity index (χ1v) is 5.89.